The average molecular weight is 308 g/mol. The maximum Gasteiger partial charge on any atom is 0.432 e. The van der Waals surface area contributed by atoms with E-state index in [-0.39, 0.29) is 26.7 Å². The van der Waals surface area contributed by atoms with Gasteiger partial charge in [-0.1, -0.05) is 0 Å². The summed E-state index contributed by atoms with van der Waals surface area (Å²) in [6, 6.07) is -0.273. The first-order chi connectivity index (χ1) is 10.1. The number of nitrogens with zero attached hydrogens (tertiary/aromatic N) is 4. The highest BCUT2D eigenvalue weighted by atomic mass is 16.2. The molecule has 120 valence electrons. The van der Waals surface area contributed by atoms with Crippen molar-refractivity contribution in [3.63, 3.8) is 0 Å². The smallest absolute Gasteiger partial charge is 0.300 e. The zero-order valence-corrected chi connectivity index (χ0v) is 13.9. The molecule has 2 aliphatic heterocycles. The van der Waals surface area contributed by atoms with Gasteiger partial charge in [0.2, 0.25) is 6.34 Å². The number of urea groups is 1. The van der Waals surface area contributed by atoms with Gasteiger partial charge in [-0.3, -0.25) is 4.79 Å². The third-order valence-corrected chi connectivity index (χ3v) is 4.10. The number of ketones is 1. The van der Waals surface area contributed by atoms with Crippen molar-refractivity contribution >= 4 is 24.1 Å². The van der Waals surface area contributed by atoms with Crippen LogP contribution in [0.2, 0.25) is 0 Å². The minimum absolute atomic E-state index is 0.0635. The van der Waals surface area contributed by atoms with Gasteiger partial charge in [-0.15, -0.1) is 4.99 Å². The zero-order chi connectivity index (χ0) is 16.7. The van der Waals surface area contributed by atoms with Crippen molar-refractivity contribution in [2.24, 2.45) is 4.99 Å². The number of quaternary nitrogens is 2. The van der Waals surface area contributed by atoms with E-state index < -0.39 is 0 Å². The minimum atomic E-state index is -0.275. The van der Waals surface area contributed by atoms with E-state index in [1.807, 2.05) is 14.1 Å². The number of rotatable bonds is 5. The first-order valence-corrected chi connectivity index (χ1v) is 7.43. The van der Waals surface area contributed by atoms with E-state index in [1.165, 1.54) is 4.90 Å². The summed E-state index contributed by atoms with van der Waals surface area (Å²) in [5.74, 6) is 0.363. The highest BCUT2D eigenvalue weighted by molar-refractivity contribution is 6.04. The van der Waals surface area contributed by atoms with Gasteiger partial charge in [0.15, 0.2) is 0 Å². The van der Waals surface area contributed by atoms with Crippen molar-refractivity contribution in [2.75, 3.05) is 34.7 Å². The lowest BCUT2D eigenvalue weighted by Gasteiger charge is -2.35. The summed E-state index contributed by atoms with van der Waals surface area (Å²) in [4.78, 5) is 41.9. The van der Waals surface area contributed by atoms with Gasteiger partial charge in [-0.05, 0) is 19.8 Å². The number of unbranched alkanes of at least 4 members (excludes halogenated alkanes) is 1. The standard InChI is InChI=1S/C15H24N4O3/c1-11(20)8-6-7-9-17-14(21)12-13(16-10-18(12,2)3)19(4,5)15(17)22/h10H,6-9H2,1-5H3/q+2. The van der Waals surface area contributed by atoms with Crippen LogP contribution in [0.25, 0.3) is 0 Å². The Labute approximate surface area is 130 Å². The Hall–Kier alpha value is -1.86. The molecule has 22 heavy (non-hydrogen) atoms. The molecule has 0 aliphatic carbocycles. The summed E-state index contributed by atoms with van der Waals surface area (Å²) >= 11 is 0. The second kappa shape index (κ2) is 5.40. The van der Waals surface area contributed by atoms with Crippen molar-refractivity contribution < 1.29 is 23.3 Å². The molecule has 0 spiro atoms. The molecule has 0 unspecified atom stereocenters. The second-order valence-corrected chi connectivity index (χ2v) is 6.81. The molecule has 0 fully saturated rings. The summed E-state index contributed by atoms with van der Waals surface area (Å²) in [7, 11) is 7.23. The maximum absolute atomic E-state index is 12.7. The molecule has 2 rings (SSSR count). The molecule has 0 aromatic heterocycles. The second-order valence-electron chi connectivity index (χ2n) is 6.81. The highest BCUT2D eigenvalue weighted by Gasteiger charge is 2.56. The molecular formula is C15H24N4O3+2. The summed E-state index contributed by atoms with van der Waals surface area (Å²) in [6.45, 7) is 1.88. The van der Waals surface area contributed by atoms with Crippen molar-refractivity contribution in [3.8, 4) is 0 Å². The number of carbonyl (C=O) groups excluding carboxylic acids is 3. The van der Waals surface area contributed by atoms with Crippen LogP contribution in [0.1, 0.15) is 26.2 Å². The van der Waals surface area contributed by atoms with Gasteiger partial charge in [0.25, 0.3) is 5.70 Å². The SMILES string of the molecule is CC(=O)CCCCN1C(=O)C2=C(N=C[N+]2(C)C)[N+](C)(C)C1=O. The number of imide groups is 1. The molecule has 2 aliphatic rings. The molecule has 0 atom stereocenters. The summed E-state index contributed by atoms with van der Waals surface area (Å²) in [5.41, 5.74) is 0.538. The molecule has 0 aromatic rings. The Morgan fingerprint density at radius 1 is 1.18 bits per heavy atom. The van der Waals surface area contributed by atoms with Gasteiger partial charge in [0.05, 0.1) is 28.2 Å². The Morgan fingerprint density at radius 3 is 2.41 bits per heavy atom. The van der Waals surface area contributed by atoms with Crippen LogP contribution in [0.15, 0.2) is 16.5 Å². The highest BCUT2D eigenvalue weighted by Crippen LogP contribution is 2.34. The van der Waals surface area contributed by atoms with E-state index in [4.69, 9.17) is 0 Å². The Morgan fingerprint density at radius 2 is 1.82 bits per heavy atom. The van der Waals surface area contributed by atoms with Crippen LogP contribution in [0.3, 0.4) is 0 Å². The fraction of sp³-hybridized carbons (Fsp3) is 0.600. The number of likely N-dealkylation sites (N-methyl/N-ethyl adjacent to an activating group) is 1. The number of carbonyl (C=O) groups is 3. The lowest BCUT2D eigenvalue weighted by Crippen LogP contribution is -2.61. The number of amides is 3. The normalized spacial score (nSPS) is 22.3. The molecule has 0 saturated heterocycles. The van der Waals surface area contributed by atoms with Crippen LogP contribution in [0, 0.1) is 0 Å². The van der Waals surface area contributed by atoms with Crippen LogP contribution in [-0.2, 0) is 9.59 Å². The van der Waals surface area contributed by atoms with Crippen LogP contribution in [0.5, 0.6) is 0 Å². The molecule has 0 aromatic carbocycles. The van der Waals surface area contributed by atoms with Gasteiger partial charge in [-0.25, -0.2) is 14.2 Å². The molecule has 0 radical (unpaired) electrons. The van der Waals surface area contributed by atoms with Crippen molar-refractivity contribution in [1.29, 1.82) is 0 Å². The van der Waals surface area contributed by atoms with Gasteiger partial charge in [0.1, 0.15) is 5.78 Å². The molecule has 0 saturated carbocycles. The lowest BCUT2D eigenvalue weighted by molar-refractivity contribution is -0.792. The molecule has 0 N–H and O–H groups in total. The lowest BCUT2D eigenvalue weighted by atomic mass is 10.1. The summed E-state index contributed by atoms with van der Waals surface area (Å²) < 4.78 is 0.180. The predicted molar refractivity (Wildman–Crippen MR) is 81.4 cm³/mol. The third kappa shape index (κ3) is 2.62. The van der Waals surface area contributed by atoms with Crippen LogP contribution in [-0.4, -0.2) is 72.7 Å². The Balaban J connectivity index is 2.23. The molecule has 3 amide bonds. The third-order valence-electron chi connectivity index (χ3n) is 4.10. The number of Topliss-reactive ketones (excluding diaryl/α,β-unsaturated/α-hetero) is 1. The summed E-state index contributed by atoms with van der Waals surface area (Å²) in [6.07, 6.45) is 3.47. The van der Waals surface area contributed by atoms with Crippen molar-refractivity contribution in [1.82, 2.24) is 4.90 Å². The first kappa shape index (κ1) is 16.5. The largest absolute Gasteiger partial charge is 0.432 e. The fourth-order valence-electron chi connectivity index (χ4n) is 2.78. The molecule has 7 heteroatoms. The number of aliphatic imine (C=N–C) groups is 1. The quantitative estimate of drug-likeness (QED) is 0.563. The van der Waals surface area contributed by atoms with Crippen molar-refractivity contribution in [2.45, 2.75) is 26.2 Å². The Kier molecular flexibility index (Phi) is 4.06. The van der Waals surface area contributed by atoms with Gasteiger partial charge >= 0.3 is 17.8 Å². The first-order valence-electron chi connectivity index (χ1n) is 7.43. The van der Waals surface area contributed by atoms with E-state index >= 15 is 0 Å². The topological polar surface area (TPSA) is 66.8 Å². The molecule has 2 heterocycles. The molecule has 0 bridgehead atoms. The average Bonchev–Trinajstić information content (AvgIpc) is 2.72. The van der Waals surface area contributed by atoms with E-state index in [2.05, 4.69) is 4.99 Å². The van der Waals surface area contributed by atoms with E-state index in [0.717, 1.165) is 0 Å². The van der Waals surface area contributed by atoms with E-state index in [0.29, 0.717) is 37.3 Å². The number of hydrogen-bond donors (Lipinski definition) is 0. The minimum Gasteiger partial charge on any atom is -0.300 e. The van der Waals surface area contributed by atoms with Gasteiger partial charge in [-0.2, -0.15) is 4.48 Å². The summed E-state index contributed by atoms with van der Waals surface area (Å²) in [5, 5.41) is 0. The van der Waals surface area contributed by atoms with Crippen LogP contribution in [0.4, 0.5) is 4.79 Å². The fourth-order valence-corrected chi connectivity index (χ4v) is 2.78. The number of hydrogen-bond acceptors (Lipinski definition) is 4. The molecular weight excluding hydrogens is 284 g/mol. The molecule has 7 nitrogen and oxygen atoms in total. The van der Waals surface area contributed by atoms with E-state index in [9.17, 15) is 14.4 Å². The van der Waals surface area contributed by atoms with Crippen LogP contribution >= 0.6 is 0 Å². The van der Waals surface area contributed by atoms with Gasteiger partial charge in [0, 0.05) is 13.0 Å². The van der Waals surface area contributed by atoms with E-state index in [1.54, 1.807) is 27.4 Å². The van der Waals surface area contributed by atoms with Crippen molar-refractivity contribution in [3.05, 3.63) is 11.5 Å². The van der Waals surface area contributed by atoms with Crippen LogP contribution < -0.4 is 0 Å². The monoisotopic (exact) mass is 308 g/mol. The predicted octanol–water partition coefficient (Wildman–Crippen LogP) is 1.07. The van der Waals surface area contributed by atoms with Gasteiger partial charge < -0.3 is 4.79 Å². The maximum atomic E-state index is 12.7. The zero-order valence-electron chi connectivity index (χ0n) is 13.9. The Bertz CT molecular complexity index is 602.